The van der Waals surface area contributed by atoms with Gasteiger partial charge in [-0.25, -0.2) is 4.39 Å². The number of aromatic nitrogens is 2. The highest BCUT2D eigenvalue weighted by Gasteiger charge is 2.13. The summed E-state index contributed by atoms with van der Waals surface area (Å²) in [5.41, 5.74) is 6.06. The molecule has 108 valence electrons. The van der Waals surface area contributed by atoms with Crippen molar-refractivity contribution in [2.24, 2.45) is 0 Å². The number of anilines is 2. The molecule has 1 aromatic carbocycles. The van der Waals surface area contributed by atoms with Crippen LogP contribution in [0.4, 0.5) is 24.5 Å². The number of alkyl halides is 2. The van der Waals surface area contributed by atoms with Crippen molar-refractivity contribution < 1.29 is 17.9 Å². The van der Waals surface area contributed by atoms with Crippen molar-refractivity contribution >= 4 is 11.4 Å². The van der Waals surface area contributed by atoms with Crippen LogP contribution >= 0.6 is 0 Å². The SMILES string of the molecule is Nc1cc(F)c(OC(F)F)cc1NCCn1cccn1. The quantitative estimate of drug-likeness (QED) is 0.800. The second kappa shape index (κ2) is 6.18. The van der Waals surface area contributed by atoms with Crippen LogP contribution in [0.5, 0.6) is 5.75 Å². The summed E-state index contributed by atoms with van der Waals surface area (Å²) < 4.78 is 43.3. The summed E-state index contributed by atoms with van der Waals surface area (Å²) in [6.45, 7) is -2.09. The summed E-state index contributed by atoms with van der Waals surface area (Å²) in [4.78, 5) is 0. The number of nitrogens with two attached hydrogens (primary N) is 1. The number of nitrogens with one attached hydrogen (secondary N) is 1. The molecule has 0 aliphatic carbocycles. The molecule has 0 radical (unpaired) electrons. The molecule has 1 aromatic heterocycles. The van der Waals surface area contributed by atoms with Gasteiger partial charge in [0.05, 0.1) is 17.9 Å². The third kappa shape index (κ3) is 3.56. The van der Waals surface area contributed by atoms with Crippen LogP contribution in [0.2, 0.25) is 0 Å². The van der Waals surface area contributed by atoms with Gasteiger partial charge in [-0.15, -0.1) is 0 Å². The summed E-state index contributed by atoms with van der Waals surface area (Å²) in [5.74, 6) is -1.48. The van der Waals surface area contributed by atoms with Crippen molar-refractivity contribution in [1.29, 1.82) is 0 Å². The van der Waals surface area contributed by atoms with Crippen LogP contribution in [0.15, 0.2) is 30.6 Å². The Morgan fingerprint density at radius 2 is 2.20 bits per heavy atom. The fourth-order valence-corrected chi connectivity index (χ4v) is 1.65. The maximum absolute atomic E-state index is 13.4. The third-order valence-electron chi connectivity index (χ3n) is 2.54. The van der Waals surface area contributed by atoms with Gasteiger partial charge in [-0.05, 0) is 6.07 Å². The van der Waals surface area contributed by atoms with Gasteiger partial charge < -0.3 is 15.8 Å². The van der Waals surface area contributed by atoms with Gasteiger partial charge >= 0.3 is 6.61 Å². The smallest absolute Gasteiger partial charge is 0.387 e. The van der Waals surface area contributed by atoms with Gasteiger partial charge in [-0.2, -0.15) is 13.9 Å². The number of nitrogens with zero attached hydrogens (tertiary/aromatic N) is 2. The average molecular weight is 286 g/mol. The van der Waals surface area contributed by atoms with E-state index in [-0.39, 0.29) is 5.69 Å². The van der Waals surface area contributed by atoms with E-state index in [2.05, 4.69) is 15.2 Å². The second-order valence-electron chi connectivity index (χ2n) is 3.94. The molecule has 1 heterocycles. The fourth-order valence-electron chi connectivity index (χ4n) is 1.65. The minimum Gasteiger partial charge on any atom is -0.432 e. The average Bonchev–Trinajstić information content (AvgIpc) is 2.87. The van der Waals surface area contributed by atoms with Crippen LogP contribution in [-0.4, -0.2) is 22.9 Å². The highest BCUT2D eigenvalue weighted by atomic mass is 19.3. The van der Waals surface area contributed by atoms with Gasteiger partial charge in [0.1, 0.15) is 0 Å². The molecule has 3 N–H and O–H groups in total. The highest BCUT2D eigenvalue weighted by Crippen LogP contribution is 2.29. The Hall–Kier alpha value is -2.38. The molecule has 0 amide bonds. The zero-order valence-electron chi connectivity index (χ0n) is 10.4. The first kappa shape index (κ1) is 14.0. The molecule has 2 aromatic rings. The van der Waals surface area contributed by atoms with Crippen molar-refractivity contribution in [2.75, 3.05) is 17.6 Å². The van der Waals surface area contributed by atoms with Crippen LogP contribution in [-0.2, 0) is 6.54 Å². The van der Waals surface area contributed by atoms with Crippen LogP contribution in [0.25, 0.3) is 0 Å². The van der Waals surface area contributed by atoms with Gasteiger partial charge in [0.15, 0.2) is 11.6 Å². The monoisotopic (exact) mass is 286 g/mol. The van der Waals surface area contributed by atoms with E-state index in [4.69, 9.17) is 5.73 Å². The van der Waals surface area contributed by atoms with Gasteiger partial charge in [0.25, 0.3) is 0 Å². The Bertz CT molecular complexity index is 560. The molecule has 0 spiro atoms. The molecule has 20 heavy (non-hydrogen) atoms. The minimum atomic E-state index is -3.09. The third-order valence-corrected chi connectivity index (χ3v) is 2.54. The Balaban J connectivity index is 2.02. The zero-order valence-corrected chi connectivity index (χ0v) is 10.4. The van der Waals surface area contributed by atoms with Crippen LogP contribution < -0.4 is 15.8 Å². The van der Waals surface area contributed by atoms with Crippen molar-refractivity contribution in [3.05, 3.63) is 36.4 Å². The lowest BCUT2D eigenvalue weighted by Crippen LogP contribution is -2.12. The number of nitrogen functional groups attached to an aromatic ring is 1. The van der Waals surface area contributed by atoms with Crippen molar-refractivity contribution in [1.82, 2.24) is 9.78 Å². The van der Waals surface area contributed by atoms with E-state index < -0.39 is 18.2 Å². The number of benzene rings is 1. The molecule has 8 heteroatoms. The van der Waals surface area contributed by atoms with Gasteiger partial charge in [-0.3, -0.25) is 4.68 Å². The summed E-state index contributed by atoms with van der Waals surface area (Å²) in [5, 5.41) is 6.92. The van der Waals surface area contributed by atoms with Crippen molar-refractivity contribution in [2.45, 2.75) is 13.2 Å². The molecule has 0 saturated carbocycles. The Kier molecular flexibility index (Phi) is 4.34. The largest absolute Gasteiger partial charge is 0.432 e. The lowest BCUT2D eigenvalue weighted by atomic mass is 10.2. The first-order valence-electron chi connectivity index (χ1n) is 5.81. The first-order valence-corrected chi connectivity index (χ1v) is 5.81. The lowest BCUT2D eigenvalue weighted by Gasteiger charge is -2.12. The molecule has 0 aliphatic heterocycles. The number of hydrogen-bond acceptors (Lipinski definition) is 4. The van der Waals surface area contributed by atoms with Crippen molar-refractivity contribution in [3.8, 4) is 5.75 Å². The first-order chi connectivity index (χ1) is 9.56. The summed E-state index contributed by atoms with van der Waals surface area (Å²) in [6.07, 6.45) is 3.42. The maximum atomic E-state index is 13.4. The maximum Gasteiger partial charge on any atom is 0.387 e. The second-order valence-corrected chi connectivity index (χ2v) is 3.94. The molecular formula is C12H13F3N4O. The summed E-state index contributed by atoms with van der Waals surface area (Å²) in [7, 11) is 0. The van der Waals surface area contributed by atoms with E-state index in [0.29, 0.717) is 18.8 Å². The van der Waals surface area contributed by atoms with Gasteiger partial charge in [-0.1, -0.05) is 0 Å². The van der Waals surface area contributed by atoms with Crippen LogP contribution in [0, 0.1) is 5.82 Å². The number of halogens is 3. The molecule has 0 saturated heterocycles. The zero-order chi connectivity index (χ0) is 14.5. The van der Waals surface area contributed by atoms with E-state index in [1.165, 1.54) is 0 Å². The van der Waals surface area contributed by atoms with Gasteiger partial charge in [0.2, 0.25) is 0 Å². The molecular weight excluding hydrogens is 273 g/mol. The standard InChI is InChI=1S/C12H13F3N4O/c13-8-6-9(16)10(7-11(8)20-12(14)15)17-3-5-19-4-1-2-18-19/h1-2,4,6-7,12,17H,3,5,16H2. The number of ether oxygens (including phenoxy) is 1. The number of hydrogen-bond donors (Lipinski definition) is 2. The summed E-state index contributed by atoms with van der Waals surface area (Å²) in [6, 6.07) is 3.83. The van der Waals surface area contributed by atoms with Gasteiger partial charge in [0, 0.05) is 31.1 Å². The Morgan fingerprint density at radius 3 is 2.85 bits per heavy atom. The van der Waals surface area contributed by atoms with E-state index in [1.807, 2.05) is 0 Å². The molecule has 5 nitrogen and oxygen atoms in total. The van der Waals surface area contributed by atoms with Crippen LogP contribution in [0.3, 0.4) is 0 Å². The molecule has 0 unspecified atom stereocenters. The fraction of sp³-hybridized carbons (Fsp3) is 0.250. The lowest BCUT2D eigenvalue weighted by molar-refractivity contribution is -0.0521. The Labute approximate surface area is 113 Å². The van der Waals surface area contributed by atoms with E-state index in [9.17, 15) is 13.2 Å². The highest BCUT2D eigenvalue weighted by molar-refractivity contribution is 5.68. The summed E-state index contributed by atoms with van der Waals surface area (Å²) >= 11 is 0. The van der Waals surface area contributed by atoms with E-state index in [0.717, 1.165) is 12.1 Å². The molecule has 0 bridgehead atoms. The van der Waals surface area contributed by atoms with E-state index in [1.54, 1.807) is 23.1 Å². The molecule has 0 aliphatic rings. The van der Waals surface area contributed by atoms with Crippen LogP contribution in [0.1, 0.15) is 0 Å². The van der Waals surface area contributed by atoms with Crippen molar-refractivity contribution in [3.63, 3.8) is 0 Å². The Morgan fingerprint density at radius 1 is 1.40 bits per heavy atom. The van der Waals surface area contributed by atoms with E-state index >= 15 is 0 Å². The molecule has 0 fully saturated rings. The predicted molar refractivity (Wildman–Crippen MR) is 68.2 cm³/mol. The minimum absolute atomic E-state index is 0.115. The molecule has 2 rings (SSSR count). The number of rotatable bonds is 6. The topological polar surface area (TPSA) is 65.1 Å². The predicted octanol–water partition coefficient (Wildman–Crippen LogP) is 2.32. The molecule has 0 atom stereocenters. The normalized spacial score (nSPS) is 10.8.